The highest BCUT2D eigenvalue weighted by Crippen LogP contribution is 2.44. The van der Waals surface area contributed by atoms with Crippen molar-refractivity contribution < 1.29 is 4.43 Å². The number of aromatic nitrogens is 2. The van der Waals surface area contributed by atoms with Crippen molar-refractivity contribution in [2.24, 2.45) is 0 Å². The number of anilines is 3. The molecule has 0 bridgehead atoms. The minimum Gasteiger partial charge on any atom is -0.416 e. The second-order valence-corrected chi connectivity index (χ2v) is 18.4. The molecule has 0 saturated carbocycles. The zero-order valence-corrected chi connectivity index (χ0v) is 26.7. The van der Waals surface area contributed by atoms with Crippen LogP contribution in [0.3, 0.4) is 0 Å². The van der Waals surface area contributed by atoms with E-state index in [0.29, 0.717) is 18.1 Å². The van der Waals surface area contributed by atoms with E-state index in [1.807, 2.05) is 12.1 Å². The van der Waals surface area contributed by atoms with E-state index in [1.165, 1.54) is 31.5 Å². The van der Waals surface area contributed by atoms with Gasteiger partial charge >= 0.3 is 0 Å². The van der Waals surface area contributed by atoms with Crippen molar-refractivity contribution in [3.05, 3.63) is 64.8 Å². The van der Waals surface area contributed by atoms with E-state index >= 15 is 0 Å². The highest BCUT2D eigenvalue weighted by atomic mass is 28.4. The van der Waals surface area contributed by atoms with Gasteiger partial charge in [-0.25, -0.2) is 9.97 Å². The van der Waals surface area contributed by atoms with Gasteiger partial charge in [-0.1, -0.05) is 39.8 Å². The monoisotopic (exact) mass is 568 g/mol. The molecule has 0 aliphatic carbocycles. The zero-order valence-electron chi connectivity index (χ0n) is 25.7. The highest BCUT2D eigenvalue weighted by Gasteiger charge is 2.42. The van der Waals surface area contributed by atoms with Crippen LogP contribution in [-0.4, -0.2) is 49.4 Å². The number of nitrogens with one attached hydrogen (secondary N) is 2. The van der Waals surface area contributed by atoms with Gasteiger partial charge in [-0.3, -0.25) is 4.90 Å². The summed E-state index contributed by atoms with van der Waals surface area (Å²) in [4.78, 5) is 11.9. The molecule has 0 unspecified atom stereocenters. The molecule has 0 spiro atoms. The Hall–Kier alpha value is -3.25. The predicted octanol–water partition coefficient (Wildman–Crippen LogP) is 7.37. The summed E-state index contributed by atoms with van der Waals surface area (Å²) in [7, 11) is -1.93. The maximum Gasteiger partial charge on any atom is 0.227 e. The third-order valence-corrected chi connectivity index (χ3v) is 13.7. The van der Waals surface area contributed by atoms with Crippen molar-refractivity contribution in [3.63, 3.8) is 0 Å². The maximum atomic E-state index is 10.1. The SMILES string of the molecule is Cc1ccc(CN2CCCC2)cc1Nc1nccc(-c2cc(C#N)c3c(c2)[C@@](C)(CO[Si](C)(C)C(C)(C)C)CN3)n1. The number of aryl methyl sites for hydroxylation is 1. The van der Waals surface area contributed by atoms with Crippen molar-refractivity contribution in [1.29, 1.82) is 5.26 Å². The molecule has 2 aromatic carbocycles. The first-order chi connectivity index (χ1) is 19.4. The molecule has 216 valence electrons. The van der Waals surface area contributed by atoms with Crippen LogP contribution in [0.5, 0.6) is 0 Å². The van der Waals surface area contributed by atoms with E-state index < -0.39 is 8.32 Å². The highest BCUT2D eigenvalue weighted by molar-refractivity contribution is 6.74. The molecule has 1 fully saturated rings. The minimum atomic E-state index is -1.93. The molecule has 0 radical (unpaired) electrons. The third kappa shape index (κ3) is 6.18. The van der Waals surface area contributed by atoms with Crippen LogP contribution in [0.1, 0.15) is 62.8 Å². The molecule has 1 saturated heterocycles. The first-order valence-corrected chi connectivity index (χ1v) is 17.7. The Labute approximate surface area is 246 Å². The topological polar surface area (TPSA) is 86.1 Å². The molecule has 41 heavy (non-hydrogen) atoms. The molecular formula is C33H44N6OSi. The Bertz CT molecular complexity index is 1470. The van der Waals surface area contributed by atoms with Crippen molar-refractivity contribution in [1.82, 2.24) is 14.9 Å². The summed E-state index contributed by atoms with van der Waals surface area (Å²) in [5, 5.41) is 17.2. The van der Waals surface area contributed by atoms with Crippen LogP contribution in [0.25, 0.3) is 11.3 Å². The average molecular weight is 569 g/mol. The van der Waals surface area contributed by atoms with Gasteiger partial charge in [0.05, 0.1) is 16.9 Å². The zero-order chi connectivity index (χ0) is 29.4. The Morgan fingerprint density at radius 2 is 1.90 bits per heavy atom. The summed E-state index contributed by atoms with van der Waals surface area (Å²) in [6.07, 6.45) is 4.35. The van der Waals surface area contributed by atoms with Gasteiger partial charge in [0.2, 0.25) is 5.95 Å². The fraction of sp³-hybridized carbons (Fsp3) is 0.485. The van der Waals surface area contributed by atoms with Crippen LogP contribution in [0.15, 0.2) is 42.6 Å². The number of fused-ring (bicyclic) bond motifs is 1. The normalized spacial score (nSPS) is 19.1. The Morgan fingerprint density at radius 3 is 2.61 bits per heavy atom. The fourth-order valence-corrected chi connectivity index (χ4v) is 6.52. The van der Waals surface area contributed by atoms with Crippen molar-refractivity contribution in [3.8, 4) is 17.3 Å². The van der Waals surface area contributed by atoms with E-state index in [1.54, 1.807) is 6.20 Å². The van der Waals surface area contributed by atoms with Crippen LogP contribution in [0.2, 0.25) is 18.1 Å². The molecular weight excluding hydrogens is 524 g/mol. The van der Waals surface area contributed by atoms with E-state index in [9.17, 15) is 5.26 Å². The van der Waals surface area contributed by atoms with Crippen molar-refractivity contribution in [2.45, 2.75) is 77.6 Å². The van der Waals surface area contributed by atoms with Gasteiger partial charge in [0.25, 0.3) is 0 Å². The number of rotatable bonds is 8. The molecule has 1 atom stereocenters. The number of nitrogens with zero attached hydrogens (tertiary/aromatic N) is 4. The summed E-state index contributed by atoms with van der Waals surface area (Å²) in [5.74, 6) is 0.546. The maximum absolute atomic E-state index is 10.1. The molecule has 2 N–H and O–H groups in total. The number of hydrogen-bond donors (Lipinski definition) is 2. The Morgan fingerprint density at radius 1 is 1.15 bits per heavy atom. The summed E-state index contributed by atoms with van der Waals surface area (Å²) in [5.41, 5.74) is 7.57. The standard InChI is InChI=1S/C33H44N6OSi/c1-23-10-11-24(20-39-14-8-9-15-39)16-29(23)38-31-35-13-12-28(37-31)25-17-26(19-34)30-27(18-25)33(5,21-36-30)22-40-41(6,7)32(2,3)4/h10-13,16-18,36H,8-9,14-15,20-22H2,1-7H3,(H,35,37,38)/t33-/m1/s1. The molecule has 1 aromatic heterocycles. The molecule has 3 aromatic rings. The van der Waals surface area contributed by atoms with Crippen LogP contribution in [-0.2, 0) is 16.4 Å². The van der Waals surface area contributed by atoms with E-state index in [0.717, 1.165) is 46.8 Å². The van der Waals surface area contributed by atoms with Gasteiger partial charge < -0.3 is 15.1 Å². The lowest BCUT2D eigenvalue weighted by atomic mass is 9.83. The fourth-order valence-electron chi connectivity index (χ4n) is 5.41. The van der Waals surface area contributed by atoms with Gasteiger partial charge in [0, 0.05) is 42.6 Å². The van der Waals surface area contributed by atoms with Crippen molar-refractivity contribution >= 4 is 25.6 Å². The average Bonchev–Trinajstić information content (AvgIpc) is 3.57. The van der Waals surface area contributed by atoms with Crippen LogP contribution in [0, 0.1) is 18.3 Å². The minimum absolute atomic E-state index is 0.133. The number of likely N-dealkylation sites (tertiary alicyclic amines) is 1. The second-order valence-electron chi connectivity index (χ2n) is 13.5. The van der Waals surface area contributed by atoms with Crippen LogP contribution >= 0.6 is 0 Å². The Balaban J connectivity index is 1.41. The van der Waals surface area contributed by atoms with Crippen LogP contribution in [0.4, 0.5) is 17.3 Å². The largest absolute Gasteiger partial charge is 0.416 e. The number of hydrogen-bond acceptors (Lipinski definition) is 7. The van der Waals surface area contributed by atoms with Gasteiger partial charge in [0.1, 0.15) is 6.07 Å². The van der Waals surface area contributed by atoms with Gasteiger partial charge in [-0.15, -0.1) is 0 Å². The molecule has 2 aliphatic heterocycles. The van der Waals surface area contributed by atoms with Gasteiger partial charge in [-0.05, 0) is 91.9 Å². The lowest BCUT2D eigenvalue weighted by Gasteiger charge is -2.39. The predicted molar refractivity (Wildman–Crippen MR) is 170 cm³/mol. The Kier molecular flexibility index (Phi) is 7.99. The molecule has 0 amide bonds. The van der Waals surface area contributed by atoms with Crippen LogP contribution < -0.4 is 10.6 Å². The van der Waals surface area contributed by atoms with Crippen molar-refractivity contribution in [2.75, 3.05) is 36.9 Å². The summed E-state index contributed by atoms with van der Waals surface area (Å²) in [6, 6.07) is 15.0. The third-order valence-electron chi connectivity index (χ3n) is 9.23. The number of benzene rings is 2. The smallest absolute Gasteiger partial charge is 0.227 e. The summed E-state index contributed by atoms with van der Waals surface area (Å²) in [6.45, 7) is 20.4. The molecule has 8 heteroatoms. The first kappa shape index (κ1) is 29.2. The molecule has 5 rings (SSSR count). The first-order valence-electron chi connectivity index (χ1n) is 14.8. The van der Waals surface area contributed by atoms with E-state index in [2.05, 4.69) is 98.6 Å². The second kappa shape index (κ2) is 11.2. The summed E-state index contributed by atoms with van der Waals surface area (Å²) < 4.78 is 6.68. The van der Waals surface area contributed by atoms with Gasteiger partial charge in [0.15, 0.2) is 8.32 Å². The number of nitriles is 1. The van der Waals surface area contributed by atoms with Gasteiger partial charge in [-0.2, -0.15) is 5.26 Å². The van der Waals surface area contributed by atoms with E-state index in [4.69, 9.17) is 9.41 Å². The lowest BCUT2D eigenvalue weighted by Crippen LogP contribution is -2.45. The molecule has 7 nitrogen and oxygen atoms in total. The van der Waals surface area contributed by atoms with E-state index in [-0.39, 0.29) is 10.5 Å². The molecule has 2 aliphatic rings. The molecule has 3 heterocycles. The quantitative estimate of drug-likeness (QED) is 0.274. The summed E-state index contributed by atoms with van der Waals surface area (Å²) >= 11 is 0. The lowest BCUT2D eigenvalue weighted by molar-refractivity contribution is 0.220.